The molecule has 0 bridgehead atoms. The molecule has 0 unspecified atom stereocenters. The molecule has 102 valence electrons. The molecule has 0 atom stereocenters. The Balaban J connectivity index is 2.11. The van der Waals surface area contributed by atoms with Gasteiger partial charge in [0.15, 0.2) is 0 Å². The van der Waals surface area contributed by atoms with Crippen LogP contribution in [0.15, 0.2) is 58.7 Å². The maximum absolute atomic E-state index is 5.23. The third-order valence-corrected chi connectivity index (χ3v) is 2.74. The summed E-state index contributed by atoms with van der Waals surface area (Å²) in [6.07, 6.45) is 3.31. The van der Waals surface area contributed by atoms with Crippen molar-refractivity contribution < 1.29 is 9.47 Å². The van der Waals surface area contributed by atoms with Crippen molar-refractivity contribution in [2.75, 3.05) is 14.2 Å². The van der Waals surface area contributed by atoms with Gasteiger partial charge < -0.3 is 9.47 Å². The zero-order chi connectivity index (χ0) is 14.2. The van der Waals surface area contributed by atoms with Gasteiger partial charge in [0.25, 0.3) is 0 Å². The molecule has 0 saturated heterocycles. The lowest BCUT2D eigenvalue weighted by Gasteiger charge is -2.02. The highest BCUT2D eigenvalue weighted by Crippen LogP contribution is 2.16. The van der Waals surface area contributed by atoms with Gasteiger partial charge in [-0.25, -0.2) is 0 Å². The molecular weight excluding hydrogens is 252 g/mol. The molecule has 4 heteroatoms. The summed E-state index contributed by atoms with van der Waals surface area (Å²) in [5.74, 6) is 1.53. The van der Waals surface area contributed by atoms with Gasteiger partial charge in [-0.2, -0.15) is 10.2 Å². The summed E-state index contributed by atoms with van der Waals surface area (Å²) in [7, 11) is 3.26. The molecule has 0 aliphatic carbocycles. The molecule has 0 amide bonds. The lowest BCUT2D eigenvalue weighted by molar-refractivity contribution is 0.414. The molecule has 2 aromatic carbocycles. The Hall–Kier alpha value is -2.62. The summed E-state index contributed by atoms with van der Waals surface area (Å²) >= 11 is 0. The Labute approximate surface area is 118 Å². The maximum Gasteiger partial charge on any atom is 0.127 e. The van der Waals surface area contributed by atoms with Gasteiger partial charge in [0, 0.05) is 11.1 Å². The number of hydrogen-bond acceptors (Lipinski definition) is 4. The fraction of sp³-hybridized carbons (Fsp3) is 0.125. The molecule has 0 radical (unpaired) electrons. The SMILES string of the molecule is COc1ccccc1/C=N\N=C/c1ccccc1OC. The standard InChI is InChI=1S/C16H16N2O2/c1-19-15-9-5-3-7-13(15)11-17-18-12-14-8-4-6-10-16(14)20-2/h3-12H,1-2H3/b17-11-,18-12-. The van der Waals surface area contributed by atoms with E-state index < -0.39 is 0 Å². The van der Waals surface area contributed by atoms with E-state index in [1.165, 1.54) is 0 Å². The molecule has 4 nitrogen and oxygen atoms in total. The second-order valence-corrected chi connectivity index (χ2v) is 3.97. The van der Waals surface area contributed by atoms with Gasteiger partial charge in [-0.15, -0.1) is 0 Å². The zero-order valence-electron chi connectivity index (χ0n) is 11.5. The van der Waals surface area contributed by atoms with E-state index in [2.05, 4.69) is 10.2 Å². The van der Waals surface area contributed by atoms with Crippen molar-refractivity contribution in [3.8, 4) is 11.5 Å². The minimum Gasteiger partial charge on any atom is -0.496 e. The summed E-state index contributed by atoms with van der Waals surface area (Å²) in [6.45, 7) is 0. The number of para-hydroxylation sites is 2. The molecule has 0 N–H and O–H groups in total. The Morgan fingerprint density at radius 3 is 1.50 bits per heavy atom. The largest absolute Gasteiger partial charge is 0.496 e. The highest BCUT2D eigenvalue weighted by molar-refractivity contribution is 5.86. The first kappa shape index (κ1) is 13.8. The Bertz CT molecular complexity index is 566. The molecule has 0 aliphatic rings. The van der Waals surface area contributed by atoms with Gasteiger partial charge in [-0.1, -0.05) is 24.3 Å². The number of benzene rings is 2. The molecule has 2 rings (SSSR count). The van der Waals surface area contributed by atoms with Gasteiger partial charge >= 0.3 is 0 Å². The van der Waals surface area contributed by atoms with Crippen LogP contribution in [0.4, 0.5) is 0 Å². The fourth-order valence-electron chi connectivity index (χ4n) is 1.74. The first-order chi connectivity index (χ1) is 9.85. The monoisotopic (exact) mass is 268 g/mol. The number of rotatable bonds is 5. The molecule has 0 aromatic heterocycles. The molecule has 0 fully saturated rings. The van der Waals surface area contributed by atoms with E-state index in [-0.39, 0.29) is 0 Å². The van der Waals surface area contributed by atoms with Crippen molar-refractivity contribution in [3.05, 3.63) is 59.7 Å². The smallest absolute Gasteiger partial charge is 0.127 e. The summed E-state index contributed by atoms with van der Waals surface area (Å²) in [4.78, 5) is 0. The third-order valence-electron chi connectivity index (χ3n) is 2.74. The van der Waals surface area contributed by atoms with E-state index >= 15 is 0 Å². The van der Waals surface area contributed by atoms with Crippen molar-refractivity contribution in [1.82, 2.24) is 0 Å². The van der Waals surface area contributed by atoms with Crippen LogP contribution >= 0.6 is 0 Å². The molecular formula is C16H16N2O2. The van der Waals surface area contributed by atoms with Gasteiger partial charge in [-0.3, -0.25) is 0 Å². The second-order valence-electron chi connectivity index (χ2n) is 3.97. The van der Waals surface area contributed by atoms with Crippen LogP contribution in [-0.4, -0.2) is 26.6 Å². The topological polar surface area (TPSA) is 43.2 Å². The Morgan fingerprint density at radius 1 is 0.700 bits per heavy atom. The van der Waals surface area contributed by atoms with E-state index in [0.29, 0.717) is 0 Å². The van der Waals surface area contributed by atoms with Crippen molar-refractivity contribution >= 4 is 12.4 Å². The first-order valence-corrected chi connectivity index (χ1v) is 6.17. The average Bonchev–Trinajstić information content (AvgIpc) is 2.52. The molecule has 20 heavy (non-hydrogen) atoms. The van der Waals surface area contributed by atoms with Crippen LogP contribution in [0.2, 0.25) is 0 Å². The van der Waals surface area contributed by atoms with Crippen LogP contribution in [0.25, 0.3) is 0 Å². The highest BCUT2D eigenvalue weighted by atomic mass is 16.5. The number of nitrogens with zero attached hydrogens (tertiary/aromatic N) is 2. The third kappa shape index (κ3) is 3.45. The average molecular weight is 268 g/mol. The minimum atomic E-state index is 0.767. The normalized spacial score (nSPS) is 11.1. The van der Waals surface area contributed by atoms with E-state index in [1.54, 1.807) is 26.6 Å². The quantitative estimate of drug-likeness (QED) is 0.617. The van der Waals surface area contributed by atoms with Crippen molar-refractivity contribution in [2.45, 2.75) is 0 Å². The second kappa shape index (κ2) is 7.09. The lowest BCUT2D eigenvalue weighted by Crippen LogP contribution is -1.90. The number of methoxy groups -OCH3 is 2. The minimum absolute atomic E-state index is 0.767. The van der Waals surface area contributed by atoms with Crippen molar-refractivity contribution in [1.29, 1.82) is 0 Å². The van der Waals surface area contributed by atoms with E-state index in [1.807, 2.05) is 48.5 Å². The lowest BCUT2D eigenvalue weighted by atomic mass is 10.2. The van der Waals surface area contributed by atoms with Crippen LogP contribution in [0, 0.1) is 0 Å². The predicted molar refractivity (Wildman–Crippen MR) is 81.2 cm³/mol. The Morgan fingerprint density at radius 2 is 1.10 bits per heavy atom. The van der Waals surface area contributed by atoms with Gasteiger partial charge in [0.1, 0.15) is 11.5 Å². The summed E-state index contributed by atoms with van der Waals surface area (Å²) in [6, 6.07) is 15.3. The van der Waals surface area contributed by atoms with Gasteiger partial charge in [0.05, 0.1) is 26.6 Å². The zero-order valence-corrected chi connectivity index (χ0v) is 11.5. The Kier molecular flexibility index (Phi) is 4.89. The molecule has 0 aliphatic heterocycles. The molecule has 2 aromatic rings. The fourth-order valence-corrected chi connectivity index (χ4v) is 1.74. The van der Waals surface area contributed by atoms with Gasteiger partial charge in [-0.05, 0) is 24.3 Å². The van der Waals surface area contributed by atoms with Crippen LogP contribution in [0.3, 0.4) is 0 Å². The molecule has 0 saturated carbocycles. The summed E-state index contributed by atoms with van der Waals surface area (Å²) in [5, 5.41) is 8.06. The molecule has 0 heterocycles. The van der Waals surface area contributed by atoms with Crippen LogP contribution in [0.5, 0.6) is 11.5 Å². The van der Waals surface area contributed by atoms with Crippen LogP contribution in [0.1, 0.15) is 11.1 Å². The number of ether oxygens (including phenoxy) is 2. The van der Waals surface area contributed by atoms with E-state index in [0.717, 1.165) is 22.6 Å². The van der Waals surface area contributed by atoms with E-state index in [9.17, 15) is 0 Å². The maximum atomic E-state index is 5.23. The van der Waals surface area contributed by atoms with Crippen molar-refractivity contribution in [2.24, 2.45) is 10.2 Å². The molecule has 0 spiro atoms. The van der Waals surface area contributed by atoms with E-state index in [4.69, 9.17) is 9.47 Å². The highest BCUT2D eigenvalue weighted by Gasteiger charge is 1.98. The summed E-state index contributed by atoms with van der Waals surface area (Å²) < 4.78 is 10.5. The van der Waals surface area contributed by atoms with Crippen LogP contribution < -0.4 is 9.47 Å². The van der Waals surface area contributed by atoms with Gasteiger partial charge in [0.2, 0.25) is 0 Å². The summed E-state index contributed by atoms with van der Waals surface area (Å²) in [5.41, 5.74) is 1.76. The first-order valence-electron chi connectivity index (χ1n) is 6.17. The van der Waals surface area contributed by atoms with Crippen molar-refractivity contribution in [3.63, 3.8) is 0 Å². The van der Waals surface area contributed by atoms with Crippen LogP contribution in [-0.2, 0) is 0 Å². The predicted octanol–water partition coefficient (Wildman–Crippen LogP) is 3.16. The number of hydrogen-bond donors (Lipinski definition) is 0.